The van der Waals surface area contributed by atoms with Crippen LogP contribution in [0.2, 0.25) is 0 Å². The van der Waals surface area contributed by atoms with Gasteiger partial charge in [0.2, 0.25) is 0 Å². The molecule has 0 fully saturated rings. The second-order valence-corrected chi connectivity index (χ2v) is 10.7. The van der Waals surface area contributed by atoms with E-state index in [9.17, 15) is 13.6 Å². The summed E-state index contributed by atoms with van der Waals surface area (Å²) in [6.07, 6.45) is 10.0. The third-order valence-electron chi connectivity index (χ3n) is 7.60. The highest BCUT2D eigenvalue weighted by Crippen LogP contribution is 2.26. The third kappa shape index (κ3) is 13.5. The smallest absolute Gasteiger partial charge is 0.329 e. The van der Waals surface area contributed by atoms with Crippen LogP contribution in [0.15, 0.2) is 87.6 Å². The minimum Gasteiger partial charge on any atom is -0.465 e. The normalized spacial score (nSPS) is 16.7. The molecule has 4 rings (SSSR count). The van der Waals surface area contributed by atoms with Gasteiger partial charge in [-0.3, -0.25) is 0 Å². The van der Waals surface area contributed by atoms with Gasteiger partial charge in [-0.2, -0.15) is 0 Å². The van der Waals surface area contributed by atoms with E-state index in [2.05, 4.69) is 49.0 Å². The van der Waals surface area contributed by atoms with Crippen molar-refractivity contribution < 1.29 is 18.3 Å². The molecule has 3 aliphatic rings. The molecular formula is C39H64F2N6O2. The standard InChI is InChI=1S/C18H23F2N3.C15H23N3O2.3C2H6/c1-4-13-10-12(2)15(11-22-13)18(23(3)21)9-8-14-16(19)6-5-7-17(14)20;1-5-11-7-10(3)12(9-16-11)14-8-13(17-18(14)4)15(19)20-6-2;3*1-2/h5-7,9-10,22H,4,8,11,21H2,1-3H3;7-8,13,16-17H,5-6,9H2,1-4H3;3*1-2H3/b18-9-;;;;. The van der Waals surface area contributed by atoms with Gasteiger partial charge in [0.15, 0.2) is 0 Å². The number of benzene rings is 1. The lowest BCUT2D eigenvalue weighted by Crippen LogP contribution is -2.40. The van der Waals surface area contributed by atoms with Crippen molar-refractivity contribution in [2.24, 2.45) is 5.84 Å². The topological polar surface area (TPSA) is 94.9 Å². The second-order valence-electron chi connectivity index (χ2n) is 10.7. The van der Waals surface area contributed by atoms with Crippen LogP contribution in [0.25, 0.3) is 0 Å². The summed E-state index contributed by atoms with van der Waals surface area (Å²) in [5, 5.41) is 10.1. The van der Waals surface area contributed by atoms with E-state index in [0.29, 0.717) is 13.2 Å². The molecule has 1 aromatic rings. The first-order valence-corrected chi connectivity index (χ1v) is 17.8. The van der Waals surface area contributed by atoms with Crippen molar-refractivity contribution >= 4 is 5.97 Å². The van der Waals surface area contributed by atoms with Gasteiger partial charge in [-0.05, 0) is 92.7 Å². The van der Waals surface area contributed by atoms with Gasteiger partial charge in [0.1, 0.15) is 17.7 Å². The maximum atomic E-state index is 13.8. The number of carbonyl (C=O) groups excluding carboxylic acids is 1. The van der Waals surface area contributed by atoms with Gasteiger partial charge in [-0.25, -0.2) is 24.8 Å². The van der Waals surface area contributed by atoms with E-state index in [4.69, 9.17) is 10.6 Å². The lowest BCUT2D eigenvalue weighted by atomic mass is 9.99. The van der Waals surface area contributed by atoms with Crippen LogP contribution in [0.4, 0.5) is 8.78 Å². The largest absolute Gasteiger partial charge is 0.465 e. The van der Waals surface area contributed by atoms with E-state index < -0.39 is 17.7 Å². The van der Waals surface area contributed by atoms with Gasteiger partial charge in [-0.1, -0.05) is 67.5 Å². The Bertz CT molecular complexity index is 1350. The zero-order valence-electron chi connectivity index (χ0n) is 32.4. The summed E-state index contributed by atoms with van der Waals surface area (Å²) in [5.74, 6) is 4.62. The highest BCUT2D eigenvalue weighted by atomic mass is 19.1. The van der Waals surface area contributed by atoms with Crippen LogP contribution in [0.5, 0.6) is 0 Å². The molecule has 49 heavy (non-hydrogen) atoms. The number of carbonyl (C=O) groups is 1. The Balaban J connectivity index is 0.000000821. The van der Waals surface area contributed by atoms with Crippen LogP contribution in [0.1, 0.15) is 94.6 Å². The quantitative estimate of drug-likeness (QED) is 0.118. The molecule has 0 aromatic heterocycles. The molecule has 3 heterocycles. The van der Waals surface area contributed by atoms with Gasteiger partial charge < -0.3 is 25.4 Å². The fraction of sp³-hybridized carbons (Fsp3) is 0.513. The van der Waals surface area contributed by atoms with E-state index in [1.54, 1.807) is 13.1 Å². The second kappa shape index (κ2) is 24.3. The Morgan fingerprint density at radius 1 is 0.959 bits per heavy atom. The molecule has 276 valence electrons. The van der Waals surface area contributed by atoms with Gasteiger partial charge in [0.25, 0.3) is 0 Å². The van der Waals surface area contributed by atoms with Crippen molar-refractivity contribution in [1.29, 1.82) is 0 Å². The van der Waals surface area contributed by atoms with Crippen molar-refractivity contribution in [3.05, 3.63) is 105 Å². The summed E-state index contributed by atoms with van der Waals surface area (Å²) in [4.78, 5) is 11.8. The number of hydrogen-bond donors (Lipinski definition) is 4. The predicted octanol–water partition coefficient (Wildman–Crippen LogP) is 7.95. The predicted molar refractivity (Wildman–Crippen MR) is 202 cm³/mol. The number of rotatable bonds is 9. The first kappa shape index (κ1) is 45.1. The molecule has 0 aliphatic carbocycles. The molecule has 1 atom stereocenters. The molecule has 1 aromatic carbocycles. The minimum atomic E-state index is -0.541. The van der Waals surface area contributed by atoms with E-state index in [0.717, 1.165) is 41.9 Å². The first-order chi connectivity index (χ1) is 23.5. The van der Waals surface area contributed by atoms with Crippen molar-refractivity contribution in [2.45, 2.75) is 101 Å². The highest BCUT2D eigenvalue weighted by Gasteiger charge is 2.29. The molecular weight excluding hydrogens is 622 g/mol. The summed E-state index contributed by atoms with van der Waals surface area (Å²) in [6, 6.07) is 3.50. The summed E-state index contributed by atoms with van der Waals surface area (Å²) in [5.41, 5.74) is 12.0. The van der Waals surface area contributed by atoms with E-state index in [-0.39, 0.29) is 18.0 Å². The van der Waals surface area contributed by atoms with Gasteiger partial charge in [-0.15, -0.1) is 0 Å². The number of allylic oxidation sites excluding steroid dienone is 7. The number of nitrogens with one attached hydrogen (secondary N) is 3. The Morgan fingerprint density at radius 3 is 1.96 bits per heavy atom. The number of halogens is 2. The third-order valence-corrected chi connectivity index (χ3v) is 7.60. The maximum absolute atomic E-state index is 13.8. The zero-order valence-corrected chi connectivity index (χ0v) is 32.4. The Hall–Kier alpha value is -3.89. The SMILES string of the molecule is CC.CC.CC.CCC1=CC(C)=C(/C(=C/Cc2c(F)cccc2F)N(C)N)CN1.CCOC(=O)C1C=C(C2=C(C)C=C(CC)NC2)N(C)N1. The highest BCUT2D eigenvalue weighted by molar-refractivity contribution is 5.79. The monoisotopic (exact) mass is 687 g/mol. The number of hydrazine groups is 2. The van der Waals surface area contributed by atoms with Crippen LogP contribution in [0, 0.1) is 11.6 Å². The maximum Gasteiger partial charge on any atom is 0.329 e. The number of ether oxygens (including phenoxy) is 1. The Kier molecular flexibility index (Phi) is 22.3. The molecule has 10 heteroatoms. The van der Waals surface area contributed by atoms with E-state index >= 15 is 0 Å². The summed E-state index contributed by atoms with van der Waals surface area (Å²) in [6.45, 7) is 24.0. The molecule has 8 nitrogen and oxygen atoms in total. The first-order valence-electron chi connectivity index (χ1n) is 17.8. The van der Waals surface area contributed by atoms with Crippen LogP contribution in [0.3, 0.4) is 0 Å². The molecule has 3 aliphatic heterocycles. The average molecular weight is 687 g/mol. The lowest BCUT2D eigenvalue weighted by Gasteiger charge is -2.26. The summed E-state index contributed by atoms with van der Waals surface area (Å²) < 4.78 is 32.6. The molecule has 0 saturated heterocycles. The molecule has 0 saturated carbocycles. The number of dihydropyridines is 2. The summed E-state index contributed by atoms with van der Waals surface area (Å²) in [7, 11) is 3.65. The molecule has 5 N–H and O–H groups in total. The minimum absolute atomic E-state index is 0.0543. The van der Waals surface area contributed by atoms with Crippen LogP contribution in [-0.4, -0.2) is 55.8 Å². The van der Waals surface area contributed by atoms with Gasteiger partial charge in [0, 0.05) is 44.1 Å². The van der Waals surface area contributed by atoms with Crippen LogP contribution < -0.4 is 21.9 Å². The molecule has 0 radical (unpaired) electrons. The Labute approximate surface area is 295 Å². The van der Waals surface area contributed by atoms with Crippen LogP contribution in [-0.2, 0) is 16.0 Å². The number of nitrogens with zero attached hydrogens (tertiary/aromatic N) is 2. The molecule has 0 bridgehead atoms. The molecule has 0 amide bonds. The number of nitrogens with two attached hydrogens (primary N) is 1. The van der Waals surface area contributed by atoms with Crippen molar-refractivity contribution in [2.75, 3.05) is 33.8 Å². The molecule has 0 spiro atoms. The number of likely N-dealkylation sites (N-methyl/N-ethyl adjacent to an activating group) is 2. The van der Waals surface area contributed by atoms with Crippen LogP contribution >= 0.6 is 0 Å². The van der Waals surface area contributed by atoms with Crippen molar-refractivity contribution in [3.8, 4) is 0 Å². The average Bonchev–Trinajstić information content (AvgIpc) is 3.50. The van der Waals surface area contributed by atoms with Gasteiger partial charge >= 0.3 is 5.97 Å². The van der Waals surface area contributed by atoms with Gasteiger partial charge in [0.05, 0.1) is 18.0 Å². The van der Waals surface area contributed by atoms with E-state index in [1.807, 2.05) is 73.5 Å². The fourth-order valence-corrected chi connectivity index (χ4v) is 5.17. The van der Waals surface area contributed by atoms with E-state index in [1.165, 1.54) is 45.7 Å². The lowest BCUT2D eigenvalue weighted by molar-refractivity contribution is -0.144. The van der Waals surface area contributed by atoms with Crippen molar-refractivity contribution in [1.82, 2.24) is 26.1 Å². The molecule has 1 unspecified atom stereocenters. The Morgan fingerprint density at radius 2 is 1.49 bits per heavy atom. The zero-order chi connectivity index (χ0) is 37.7. The van der Waals surface area contributed by atoms with Crippen molar-refractivity contribution in [3.63, 3.8) is 0 Å². The number of hydrogen-bond acceptors (Lipinski definition) is 8. The fourth-order valence-electron chi connectivity index (χ4n) is 5.17. The summed E-state index contributed by atoms with van der Waals surface area (Å²) >= 11 is 0. The number of esters is 1.